The van der Waals surface area contributed by atoms with Gasteiger partial charge in [-0.05, 0) is 26.5 Å². The van der Waals surface area contributed by atoms with Gasteiger partial charge in [0.1, 0.15) is 0 Å². The molecule has 0 aliphatic rings. The lowest BCUT2D eigenvalue weighted by Gasteiger charge is -2.04. The van der Waals surface area contributed by atoms with Crippen LogP contribution in [0.2, 0.25) is 0 Å². The van der Waals surface area contributed by atoms with Gasteiger partial charge in [-0.15, -0.1) is 0 Å². The number of unbranched alkanes of at least 4 members (excludes halogenated alkanes) is 2. The highest BCUT2D eigenvalue weighted by atomic mass is 32.2. The standard InChI is InChI=1S/C13H25N3O2S/c1-4-6-7-8-15-19(17,18)13-9-12(10-14-3)16(5-2)11-13/h9,11,14-15H,4-8,10H2,1-3H3. The topological polar surface area (TPSA) is 63.1 Å². The summed E-state index contributed by atoms with van der Waals surface area (Å²) in [6, 6.07) is 1.74. The predicted molar refractivity (Wildman–Crippen MR) is 77.6 cm³/mol. The molecule has 19 heavy (non-hydrogen) atoms. The molecule has 0 bridgehead atoms. The third-order valence-corrected chi connectivity index (χ3v) is 4.47. The van der Waals surface area contributed by atoms with Gasteiger partial charge in [-0.2, -0.15) is 0 Å². The van der Waals surface area contributed by atoms with Crippen molar-refractivity contribution in [2.24, 2.45) is 0 Å². The molecule has 0 aromatic carbocycles. The fourth-order valence-electron chi connectivity index (χ4n) is 1.96. The molecule has 5 nitrogen and oxygen atoms in total. The molecule has 2 N–H and O–H groups in total. The van der Waals surface area contributed by atoms with Gasteiger partial charge in [-0.25, -0.2) is 13.1 Å². The summed E-state index contributed by atoms with van der Waals surface area (Å²) in [7, 11) is -1.52. The Morgan fingerprint density at radius 3 is 2.58 bits per heavy atom. The minimum Gasteiger partial charge on any atom is -0.349 e. The van der Waals surface area contributed by atoms with E-state index in [4.69, 9.17) is 0 Å². The highest BCUT2D eigenvalue weighted by molar-refractivity contribution is 7.89. The number of hydrogen-bond donors (Lipinski definition) is 2. The number of hydrogen-bond acceptors (Lipinski definition) is 3. The monoisotopic (exact) mass is 287 g/mol. The third kappa shape index (κ3) is 4.63. The zero-order valence-electron chi connectivity index (χ0n) is 12.1. The number of aromatic nitrogens is 1. The van der Waals surface area contributed by atoms with Crippen molar-refractivity contribution in [3.05, 3.63) is 18.0 Å². The molecule has 0 amide bonds. The Morgan fingerprint density at radius 1 is 1.26 bits per heavy atom. The summed E-state index contributed by atoms with van der Waals surface area (Å²) in [5.74, 6) is 0. The maximum absolute atomic E-state index is 12.1. The van der Waals surface area contributed by atoms with Crippen LogP contribution in [0, 0.1) is 0 Å². The van der Waals surface area contributed by atoms with Crippen molar-refractivity contribution in [3.63, 3.8) is 0 Å². The first kappa shape index (κ1) is 16.2. The van der Waals surface area contributed by atoms with Crippen LogP contribution in [0.15, 0.2) is 17.2 Å². The number of aryl methyl sites for hydroxylation is 1. The van der Waals surface area contributed by atoms with Gasteiger partial charge in [-0.3, -0.25) is 0 Å². The molecule has 6 heteroatoms. The summed E-state index contributed by atoms with van der Waals surface area (Å²) in [6.07, 6.45) is 4.71. The van der Waals surface area contributed by atoms with Crippen LogP contribution in [0.3, 0.4) is 0 Å². The SMILES string of the molecule is CCCCCNS(=O)(=O)c1cc(CNC)n(CC)c1. The molecule has 1 aromatic heterocycles. The predicted octanol–water partition coefficient (Wildman–Crippen LogP) is 1.70. The summed E-state index contributed by atoms with van der Waals surface area (Å²) in [6.45, 7) is 6.04. The van der Waals surface area contributed by atoms with E-state index in [2.05, 4.69) is 17.0 Å². The number of sulfonamides is 1. The van der Waals surface area contributed by atoms with E-state index in [1.54, 1.807) is 12.3 Å². The summed E-state index contributed by atoms with van der Waals surface area (Å²) in [5, 5.41) is 3.05. The van der Waals surface area contributed by atoms with Crippen molar-refractivity contribution >= 4 is 10.0 Å². The first-order valence-corrected chi connectivity index (χ1v) is 8.36. The zero-order valence-corrected chi connectivity index (χ0v) is 12.9. The number of rotatable bonds is 9. The van der Waals surface area contributed by atoms with E-state index in [0.717, 1.165) is 31.5 Å². The van der Waals surface area contributed by atoms with Crippen molar-refractivity contribution < 1.29 is 8.42 Å². The lowest BCUT2D eigenvalue weighted by molar-refractivity contribution is 0.575. The third-order valence-electron chi connectivity index (χ3n) is 3.04. The van der Waals surface area contributed by atoms with E-state index >= 15 is 0 Å². The Labute approximate surface area is 116 Å². The van der Waals surface area contributed by atoms with Crippen molar-refractivity contribution in [1.29, 1.82) is 0 Å². The molecule has 1 rings (SSSR count). The van der Waals surface area contributed by atoms with E-state index in [9.17, 15) is 8.42 Å². The fourth-order valence-corrected chi connectivity index (χ4v) is 3.10. The van der Waals surface area contributed by atoms with Gasteiger partial charge in [0.15, 0.2) is 0 Å². The maximum atomic E-state index is 12.1. The van der Waals surface area contributed by atoms with E-state index in [1.165, 1.54) is 0 Å². The normalized spacial score (nSPS) is 11.9. The molecular formula is C13H25N3O2S. The molecule has 0 aliphatic carbocycles. The lowest BCUT2D eigenvalue weighted by atomic mass is 10.3. The van der Waals surface area contributed by atoms with Crippen LogP contribution in [0.4, 0.5) is 0 Å². The van der Waals surface area contributed by atoms with Gasteiger partial charge in [-0.1, -0.05) is 19.8 Å². The second-order valence-corrected chi connectivity index (χ2v) is 6.36. The Kier molecular flexibility index (Phi) is 6.54. The van der Waals surface area contributed by atoms with E-state index in [-0.39, 0.29) is 0 Å². The number of nitrogens with one attached hydrogen (secondary N) is 2. The van der Waals surface area contributed by atoms with E-state index < -0.39 is 10.0 Å². The molecule has 0 atom stereocenters. The summed E-state index contributed by atoms with van der Waals surface area (Å²) in [5.41, 5.74) is 0.985. The first-order valence-electron chi connectivity index (χ1n) is 6.88. The average molecular weight is 287 g/mol. The molecule has 1 heterocycles. The van der Waals surface area contributed by atoms with E-state index in [0.29, 0.717) is 18.0 Å². The van der Waals surface area contributed by atoms with Crippen LogP contribution in [0.5, 0.6) is 0 Å². The Morgan fingerprint density at radius 2 is 2.00 bits per heavy atom. The molecule has 0 saturated heterocycles. The summed E-state index contributed by atoms with van der Waals surface area (Å²) in [4.78, 5) is 0.357. The molecule has 0 spiro atoms. The molecule has 0 aliphatic heterocycles. The quantitative estimate of drug-likeness (QED) is 0.680. The van der Waals surface area contributed by atoms with Crippen molar-refractivity contribution in [1.82, 2.24) is 14.6 Å². The summed E-state index contributed by atoms with van der Waals surface area (Å²) < 4.78 is 28.9. The second-order valence-electron chi connectivity index (χ2n) is 4.59. The van der Waals surface area contributed by atoms with E-state index in [1.807, 2.05) is 18.5 Å². The van der Waals surface area contributed by atoms with Crippen LogP contribution in [0.1, 0.15) is 38.8 Å². The van der Waals surface area contributed by atoms with Crippen LogP contribution in [0.25, 0.3) is 0 Å². The van der Waals surface area contributed by atoms with Gasteiger partial charge in [0, 0.05) is 31.5 Å². The largest absolute Gasteiger partial charge is 0.349 e. The van der Waals surface area contributed by atoms with Gasteiger partial charge in [0.2, 0.25) is 10.0 Å². The lowest BCUT2D eigenvalue weighted by Crippen LogP contribution is -2.24. The van der Waals surface area contributed by atoms with Gasteiger partial charge in [0.25, 0.3) is 0 Å². The van der Waals surface area contributed by atoms with Crippen LogP contribution in [-0.2, 0) is 23.1 Å². The molecule has 0 fully saturated rings. The first-order chi connectivity index (χ1) is 9.05. The summed E-state index contributed by atoms with van der Waals surface area (Å²) >= 11 is 0. The molecular weight excluding hydrogens is 262 g/mol. The maximum Gasteiger partial charge on any atom is 0.242 e. The Hall–Kier alpha value is -0.850. The van der Waals surface area contributed by atoms with Crippen LogP contribution in [-0.4, -0.2) is 26.6 Å². The molecule has 0 unspecified atom stereocenters. The molecule has 110 valence electrons. The van der Waals surface area contributed by atoms with Crippen LogP contribution < -0.4 is 10.0 Å². The minimum atomic E-state index is -3.37. The van der Waals surface area contributed by atoms with Crippen molar-refractivity contribution in [3.8, 4) is 0 Å². The second kappa shape index (κ2) is 7.67. The minimum absolute atomic E-state index is 0.357. The molecule has 0 saturated carbocycles. The smallest absolute Gasteiger partial charge is 0.242 e. The van der Waals surface area contributed by atoms with Gasteiger partial charge in [0.05, 0.1) is 4.90 Å². The molecule has 0 radical (unpaired) electrons. The van der Waals surface area contributed by atoms with Gasteiger partial charge < -0.3 is 9.88 Å². The zero-order chi connectivity index (χ0) is 14.3. The molecule has 1 aromatic rings. The average Bonchev–Trinajstić information content (AvgIpc) is 2.79. The van der Waals surface area contributed by atoms with Crippen LogP contribution >= 0.6 is 0 Å². The number of nitrogens with zero attached hydrogens (tertiary/aromatic N) is 1. The highest BCUT2D eigenvalue weighted by Crippen LogP contribution is 2.14. The Bertz CT molecular complexity index is 480. The van der Waals surface area contributed by atoms with Crippen molar-refractivity contribution in [2.75, 3.05) is 13.6 Å². The Balaban J connectivity index is 2.77. The fraction of sp³-hybridized carbons (Fsp3) is 0.692. The highest BCUT2D eigenvalue weighted by Gasteiger charge is 2.17. The van der Waals surface area contributed by atoms with Gasteiger partial charge >= 0.3 is 0 Å². The van der Waals surface area contributed by atoms with Crippen molar-refractivity contribution in [2.45, 2.75) is 51.1 Å².